The van der Waals surface area contributed by atoms with Gasteiger partial charge in [-0.2, -0.15) is 33.7 Å². The average Bonchev–Trinajstić information content (AvgIpc) is 3.04. The van der Waals surface area contributed by atoms with E-state index in [1.165, 1.54) is 18.2 Å². The van der Waals surface area contributed by atoms with Gasteiger partial charge in [-0.3, -0.25) is 18.2 Å². The van der Waals surface area contributed by atoms with Gasteiger partial charge in [0.1, 0.15) is 10.6 Å². The zero-order valence-corrected chi connectivity index (χ0v) is 31.4. The molecule has 22 heteroatoms. The predicted molar refractivity (Wildman–Crippen MR) is 181 cm³/mol. The maximum atomic E-state index is 12.0. The summed E-state index contributed by atoms with van der Waals surface area (Å²) in [5.74, 6) is -0.994. The van der Waals surface area contributed by atoms with Gasteiger partial charge in [0.25, 0.3) is 40.5 Å². The monoisotopic (exact) mass is 795 g/mol. The molecule has 262 valence electrons. The van der Waals surface area contributed by atoms with Gasteiger partial charge in [0.05, 0.1) is 31.7 Å². The van der Waals surface area contributed by atoms with E-state index < -0.39 is 71.5 Å². The molecule has 0 fully saturated rings. The summed E-state index contributed by atoms with van der Waals surface area (Å²) >= 11 is 0. The number of phenolic OH excluding ortho intramolecular Hbond substituents is 1. The second kappa shape index (κ2) is 13.9. The number of azo groups is 2. The Morgan fingerprint density at radius 1 is 0.423 bits per heavy atom. The Hall–Kier alpha value is -4.26. The largest absolute Gasteiger partial charge is 1.00 e. The average molecular weight is 796 g/mol. The molecule has 0 saturated carbocycles. The smallest absolute Gasteiger partial charge is 0.504 e. The quantitative estimate of drug-likeness (QED) is 0.0836. The molecule has 17 nitrogen and oxygen atoms in total. The second-order valence-electron chi connectivity index (χ2n) is 10.7. The number of benzene rings is 6. The Kier molecular flexibility index (Phi) is 10.4. The van der Waals surface area contributed by atoms with Crippen LogP contribution < -0.4 is 29.6 Å². The summed E-state index contributed by atoms with van der Waals surface area (Å²) in [5.41, 5.74) is -0.185. The third-order valence-electron chi connectivity index (χ3n) is 7.47. The van der Waals surface area contributed by atoms with Crippen molar-refractivity contribution in [3.05, 3.63) is 91.0 Å². The van der Waals surface area contributed by atoms with Gasteiger partial charge < -0.3 is 5.11 Å². The van der Waals surface area contributed by atoms with Crippen molar-refractivity contribution in [3.63, 3.8) is 0 Å². The Labute approximate surface area is 316 Å². The fourth-order valence-electron chi connectivity index (χ4n) is 5.13. The van der Waals surface area contributed by atoms with Crippen LogP contribution in [0.25, 0.3) is 32.3 Å². The van der Waals surface area contributed by atoms with Crippen molar-refractivity contribution in [2.24, 2.45) is 20.5 Å². The van der Waals surface area contributed by atoms with E-state index in [2.05, 4.69) is 20.5 Å². The van der Waals surface area contributed by atoms with Gasteiger partial charge in [-0.1, -0.05) is 36.4 Å². The Bertz CT molecular complexity index is 2990. The number of aromatic hydroxyl groups is 1. The summed E-state index contributed by atoms with van der Waals surface area (Å²) in [7, 11) is -19.2. The molecule has 0 radical (unpaired) electrons. The molecule has 6 aromatic carbocycles. The van der Waals surface area contributed by atoms with Crippen LogP contribution in [0.4, 0.5) is 22.7 Å². The maximum Gasteiger partial charge on any atom is 1.00 e. The normalized spacial score (nSPS) is 13.0. The van der Waals surface area contributed by atoms with Crippen LogP contribution in [0.2, 0.25) is 0 Å². The van der Waals surface area contributed by atoms with E-state index in [4.69, 9.17) is 0 Å². The predicted octanol–water partition coefficient (Wildman–Crippen LogP) is 3.67. The van der Waals surface area contributed by atoms with E-state index in [1.807, 2.05) is 0 Å². The summed E-state index contributed by atoms with van der Waals surface area (Å²) in [4.78, 5) is -2.76. The van der Waals surface area contributed by atoms with Crippen molar-refractivity contribution >= 4 is 95.5 Å². The number of phenols is 1. The van der Waals surface area contributed by atoms with Crippen molar-refractivity contribution < 1.29 is 86.5 Å². The molecule has 0 aliphatic carbocycles. The third kappa shape index (κ3) is 7.89. The van der Waals surface area contributed by atoms with Crippen LogP contribution in [0.5, 0.6) is 5.75 Å². The van der Waals surface area contributed by atoms with Gasteiger partial charge in [0, 0.05) is 21.5 Å². The first kappa shape index (κ1) is 39.0. The molecule has 0 unspecified atom stereocenters. The Morgan fingerprint density at radius 3 is 1.37 bits per heavy atom. The molecule has 0 heterocycles. The Balaban J connectivity index is 0.00000523. The van der Waals surface area contributed by atoms with Gasteiger partial charge in [-0.25, -0.2) is 0 Å². The SMILES string of the molecule is O=S(=O)(O)c1ccc2c(N=Nc3ccc(N=Nc4c(O)c(S(=O)(=O)O)cc5cc(S(=O)(=O)O)ccc45)c4ccccc34)cc(S(=O)(=O)O)cc2c1.[Na+]. The molecule has 0 aliphatic rings. The van der Waals surface area contributed by atoms with Crippen LogP contribution in [0.1, 0.15) is 0 Å². The molecular weight excluding hydrogens is 776 g/mol. The van der Waals surface area contributed by atoms with E-state index >= 15 is 0 Å². The standard InChI is InChI=1S/C30H20N4O13S4.Na/c35-30-28(51(45,46)47)14-17-12-19(49(39,40)41)6-8-22(17)29(30)34-32-26-10-9-25(23-3-1-2-4-24(23)26)31-33-27-15-20(50(42,43)44)13-16-11-18(48(36,37)38)5-7-21(16)27;/h1-15,35H,(H,36,37,38)(H,39,40,41)(H,42,43,44)(H,45,46,47);/q;+1. The number of fused-ring (bicyclic) bond motifs is 3. The number of rotatable bonds is 8. The first-order valence-electron chi connectivity index (χ1n) is 13.8. The molecule has 5 N–H and O–H groups in total. The molecule has 0 aromatic heterocycles. The van der Waals surface area contributed by atoms with Gasteiger partial charge in [-0.15, -0.1) is 20.5 Å². The molecule has 0 spiro atoms. The molecule has 0 amide bonds. The fraction of sp³-hybridized carbons (Fsp3) is 0. The van der Waals surface area contributed by atoms with Crippen molar-refractivity contribution in [1.82, 2.24) is 0 Å². The summed E-state index contributed by atoms with van der Waals surface area (Å²) in [6, 6.07) is 18.6. The summed E-state index contributed by atoms with van der Waals surface area (Å²) in [5, 5.41) is 28.3. The third-order valence-corrected chi connectivity index (χ3v) is 10.9. The molecule has 0 bridgehead atoms. The van der Waals surface area contributed by atoms with E-state index in [1.54, 1.807) is 24.3 Å². The van der Waals surface area contributed by atoms with E-state index in [9.17, 15) is 57.0 Å². The van der Waals surface area contributed by atoms with Crippen molar-refractivity contribution in [2.75, 3.05) is 0 Å². The zero-order valence-electron chi connectivity index (χ0n) is 26.1. The number of nitrogens with zero attached hydrogens (tertiary/aromatic N) is 4. The van der Waals surface area contributed by atoms with Crippen molar-refractivity contribution in [1.29, 1.82) is 0 Å². The van der Waals surface area contributed by atoms with Crippen LogP contribution in [0, 0.1) is 0 Å². The summed E-state index contributed by atoms with van der Waals surface area (Å²) < 4.78 is 133. The minimum Gasteiger partial charge on any atom is -0.504 e. The zero-order chi connectivity index (χ0) is 37.1. The minimum atomic E-state index is -5.05. The van der Waals surface area contributed by atoms with E-state index in [-0.39, 0.29) is 68.2 Å². The topological polar surface area (TPSA) is 287 Å². The van der Waals surface area contributed by atoms with Crippen LogP contribution in [-0.4, -0.2) is 57.0 Å². The maximum absolute atomic E-state index is 12.0. The van der Waals surface area contributed by atoms with Crippen LogP contribution >= 0.6 is 0 Å². The molecule has 6 rings (SSSR count). The van der Waals surface area contributed by atoms with E-state index in [0.29, 0.717) is 10.8 Å². The summed E-state index contributed by atoms with van der Waals surface area (Å²) in [6.45, 7) is 0. The first-order chi connectivity index (χ1) is 23.7. The van der Waals surface area contributed by atoms with Gasteiger partial charge >= 0.3 is 29.6 Å². The molecule has 0 aliphatic heterocycles. The van der Waals surface area contributed by atoms with Gasteiger partial charge in [0.15, 0.2) is 5.75 Å². The van der Waals surface area contributed by atoms with Crippen LogP contribution in [0.15, 0.2) is 131 Å². The molecule has 0 saturated heterocycles. The number of hydrogen-bond donors (Lipinski definition) is 5. The van der Waals surface area contributed by atoms with Gasteiger partial charge in [0.2, 0.25) is 0 Å². The Morgan fingerprint density at radius 2 is 0.865 bits per heavy atom. The van der Waals surface area contributed by atoms with Gasteiger partial charge in [-0.05, 0) is 65.4 Å². The van der Waals surface area contributed by atoms with Crippen molar-refractivity contribution in [3.8, 4) is 5.75 Å². The first-order valence-corrected chi connectivity index (χ1v) is 19.6. The second-order valence-corrected chi connectivity index (χ2v) is 16.4. The summed E-state index contributed by atoms with van der Waals surface area (Å²) in [6.07, 6.45) is 0. The van der Waals surface area contributed by atoms with Crippen molar-refractivity contribution in [2.45, 2.75) is 19.6 Å². The molecule has 52 heavy (non-hydrogen) atoms. The minimum absolute atomic E-state index is 0. The van der Waals surface area contributed by atoms with Crippen LogP contribution in [0.3, 0.4) is 0 Å². The molecule has 0 atom stereocenters. The van der Waals surface area contributed by atoms with Crippen LogP contribution in [-0.2, 0) is 40.5 Å². The fourth-order valence-corrected chi connectivity index (χ4v) is 7.32. The molecule has 6 aromatic rings. The van der Waals surface area contributed by atoms with E-state index in [0.717, 1.165) is 48.5 Å². The number of hydrogen-bond acceptors (Lipinski definition) is 13. The molecular formula is C30H20N4NaO13S4+.